The number of aromatic nitrogens is 1. The van der Waals surface area contributed by atoms with E-state index in [4.69, 9.17) is 11.6 Å². The molecule has 0 radical (unpaired) electrons. The largest absolute Gasteiger partial charge is 0.229 e. The minimum absolute atomic E-state index is 0.745. The Morgan fingerprint density at radius 3 is 2.86 bits per heavy atom. The number of thiazole rings is 1. The van der Waals surface area contributed by atoms with Crippen molar-refractivity contribution in [1.29, 1.82) is 0 Å². The molecular weight excluding hydrogens is 282 g/mol. The van der Waals surface area contributed by atoms with E-state index in [0.29, 0.717) is 0 Å². The second kappa shape index (κ2) is 4.01. The number of halogens is 2. The standard InChI is InChI=1S/C10H7BrClNS/c1-6-2-3-7(12)4-8(6)9-5-14-10(11)13-9/h2-5H,1H3. The Kier molecular flexibility index (Phi) is 2.91. The lowest BCUT2D eigenvalue weighted by molar-refractivity contribution is 1.34. The molecule has 0 spiro atoms. The summed E-state index contributed by atoms with van der Waals surface area (Å²) in [5, 5.41) is 2.76. The highest BCUT2D eigenvalue weighted by Gasteiger charge is 2.06. The van der Waals surface area contributed by atoms with E-state index in [9.17, 15) is 0 Å². The van der Waals surface area contributed by atoms with Gasteiger partial charge in [0.1, 0.15) is 0 Å². The fourth-order valence-corrected chi connectivity index (χ4v) is 2.43. The summed E-state index contributed by atoms with van der Waals surface area (Å²) >= 11 is 10.9. The second-order valence-corrected chi connectivity index (χ2v) is 5.52. The molecule has 0 aliphatic carbocycles. The smallest absolute Gasteiger partial charge is 0.159 e. The predicted molar refractivity (Wildman–Crippen MR) is 65.0 cm³/mol. The maximum Gasteiger partial charge on any atom is 0.159 e. The number of hydrogen-bond donors (Lipinski definition) is 0. The predicted octanol–water partition coefficient (Wildman–Crippen LogP) is 4.53. The van der Waals surface area contributed by atoms with Gasteiger partial charge in [-0.25, -0.2) is 4.98 Å². The molecule has 0 aliphatic rings. The molecule has 1 aromatic heterocycles. The summed E-state index contributed by atoms with van der Waals surface area (Å²) in [7, 11) is 0. The van der Waals surface area contributed by atoms with Crippen LogP contribution in [0, 0.1) is 6.92 Å². The molecule has 0 aliphatic heterocycles. The highest BCUT2D eigenvalue weighted by atomic mass is 79.9. The molecule has 0 bridgehead atoms. The van der Waals surface area contributed by atoms with Crippen LogP contribution in [0.25, 0.3) is 11.3 Å². The first-order valence-electron chi connectivity index (χ1n) is 4.04. The van der Waals surface area contributed by atoms with E-state index >= 15 is 0 Å². The van der Waals surface area contributed by atoms with E-state index in [1.54, 1.807) is 11.3 Å². The molecule has 0 saturated carbocycles. The van der Waals surface area contributed by atoms with Crippen LogP contribution in [0.15, 0.2) is 27.5 Å². The van der Waals surface area contributed by atoms with Crippen LogP contribution in [0.1, 0.15) is 5.56 Å². The van der Waals surface area contributed by atoms with Gasteiger partial charge in [0.05, 0.1) is 5.69 Å². The number of aryl methyl sites for hydroxylation is 1. The maximum atomic E-state index is 5.94. The van der Waals surface area contributed by atoms with Gasteiger partial charge in [0.15, 0.2) is 3.92 Å². The van der Waals surface area contributed by atoms with Gasteiger partial charge in [0.2, 0.25) is 0 Å². The molecule has 4 heteroatoms. The summed E-state index contributed by atoms with van der Waals surface area (Å²) in [6, 6.07) is 5.84. The average molecular weight is 289 g/mol. The SMILES string of the molecule is Cc1ccc(Cl)cc1-c1csc(Br)n1. The molecule has 2 rings (SSSR count). The molecule has 0 atom stereocenters. The van der Waals surface area contributed by atoms with Crippen molar-refractivity contribution in [2.75, 3.05) is 0 Å². The summed E-state index contributed by atoms with van der Waals surface area (Å²) < 4.78 is 0.895. The van der Waals surface area contributed by atoms with Crippen LogP contribution in [0.2, 0.25) is 5.02 Å². The molecule has 14 heavy (non-hydrogen) atoms. The van der Waals surface area contributed by atoms with E-state index in [1.165, 1.54) is 5.56 Å². The van der Waals surface area contributed by atoms with Gasteiger partial charge in [-0.3, -0.25) is 0 Å². The zero-order valence-corrected chi connectivity index (χ0v) is 10.6. The zero-order valence-electron chi connectivity index (χ0n) is 7.42. The highest BCUT2D eigenvalue weighted by Crippen LogP contribution is 2.29. The third-order valence-corrected chi connectivity index (χ3v) is 3.55. The van der Waals surface area contributed by atoms with Gasteiger partial charge < -0.3 is 0 Å². The third kappa shape index (κ3) is 2.00. The number of benzene rings is 1. The van der Waals surface area contributed by atoms with Gasteiger partial charge in [0, 0.05) is 16.0 Å². The van der Waals surface area contributed by atoms with Crippen molar-refractivity contribution in [3.05, 3.63) is 38.1 Å². The van der Waals surface area contributed by atoms with E-state index in [0.717, 1.165) is 20.2 Å². The molecule has 0 fully saturated rings. The first-order valence-corrected chi connectivity index (χ1v) is 6.09. The van der Waals surface area contributed by atoms with E-state index in [-0.39, 0.29) is 0 Å². The normalized spacial score (nSPS) is 10.5. The van der Waals surface area contributed by atoms with Gasteiger partial charge in [-0.2, -0.15) is 0 Å². The fourth-order valence-electron chi connectivity index (χ4n) is 1.25. The fraction of sp³-hybridized carbons (Fsp3) is 0.100. The summed E-state index contributed by atoms with van der Waals surface area (Å²) in [5.41, 5.74) is 3.26. The van der Waals surface area contributed by atoms with Crippen LogP contribution in [0.4, 0.5) is 0 Å². The van der Waals surface area contributed by atoms with Crippen molar-refractivity contribution in [2.24, 2.45) is 0 Å². The maximum absolute atomic E-state index is 5.94. The van der Waals surface area contributed by atoms with Crippen LogP contribution in [0.5, 0.6) is 0 Å². The lowest BCUT2D eigenvalue weighted by atomic mass is 10.1. The Labute approximate surface area is 99.9 Å². The molecule has 2 aromatic rings. The van der Waals surface area contributed by atoms with Crippen LogP contribution in [0.3, 0.4) is 0 Å². The Hall–Kier alpha value is -0.380. The molecule has 0 amide bonds. The zero-order chi connectivity index (χ0) is 10.1. The van der Waals surface area contributed by atoms with Crippen LogP contribution in [-0.4, -0.2) is 4.98 Å². The molecule has 0 saturated heterocycles. The van der Waals surface area contributed by atoms with Gasteiger partial charge >= 0.3 is 0 Å². The minimum Gasteiger partial charge on any atom is -0.229 e. The van der Waals surface area contributed by atoms with Crippen molar-refractivity contribution in [3.63, 3.8) is 0 Å². The topological polar surface area (TPSA) is 12.9 Å². The molecule has 1 aromatic carbocycles. The highest BCUT2D eigenvalue weighted by molar-refractivity contribution is 9.11. The van der Waals surface area contributed by atoms with E-state index < -0.39 is 0 Å². The molecule has 1 heterocycles. The van der Waals surface area contributed by atoms with Crippen LogP contribution >= 0.6 is 38.9 Å². The minimum atomic E-state index is 0.745. The van der Waals surface area contributed by atoms with Gasteiger partial charge in [-0.05, 0) is 40.5 Å². The Balaban J connectivity index is 2.55. The number of hydrogen-bond acceptors (Lipinski definition) is 2. The van der Waals surface area contributed by atoms with Gasteiger partial charge in [0.25, 0.3) is 0 Å². The second-order valence-electron chi connectivity index (χ2n) is 2.94. The average Bonchev–Trinajstić information content (AvgIpc) is 2.56. The molecular formula is C10H7BrClNS. The Morgan fingerprint density at radius 1 is 1.43 bits per heavy atom. The molecule has 72 valence electrons. The van der Waals surface area contributed by atoms with Crippen LogP contribution < -0.4 is 0 Å². The van der Waals surface area contributed by atoms with Gasteiger partial charge in [-0.15, -0.1) is 11.3 Å². The summed E-state index contributed by atoms with van der Waals surface area (Å²) in [6.07, 6.45) is 0. The van der Waals surface area contributed by atoms with Crippen molar-refractivity contribution in [3.8, 4) is 11.3 Å². The quantitative estimate of drug-likeness (QED) is 0.751. The summed E-state index contributed by atoms with van der Waals surface area (Å²) in [6.45, 7) is 2.05. The molecule has 0 N–H and O–H groups in total. The number of nitrogens with zero attached hydrogens (tertiary/aromatic N) is 1. The monoisotopic (exact) mass is 287 g/mol. The van der Waals surface area contributed by atoms with Crippen molar-refractivity contribution in [1.82, 2.24) is 4.98 Å². The van der Waals surface area contributed by atoms with Gasteiger partial charge in [-0.1, -0.05) is 17.7 Å². The third-order valence-electron chi connectivity index (χ3n) is 1.95. The van der Waals surface area contributed by atoms with Crippen LogP contribution in [-0.2, 0) is 0 Å². The summed E-state index contributed by atoms with van der Waals surface area (Å²) in [4.78, 5) is 4.36. The van der Waals surface area contributed by atoms with Crippen molar-refractivity contribution < 1.29 is 0 Å². The summed E-state index contributed by atoms with van der Waals surface area (Å²) in [5.74, 6) is 0. The molecule has 0 unspecified atom stereocenters. The lowest BCUT2D eigenvalue weighted by Crippen LogP contribution is -1.82. The Bertz CT molecular complexity index is 467. The number of rotatable bonds is 1. The first-order chi connectivity index (χ1) is 6.66. The van der Waals surface area contributed by atoms with Crippen molar-refractivity contribution >= 4 is 38.9 Å². The van der Waals surface area contributed by atoms with Crippen molar-refractivity contribution in [2.45, 2.75) is 6.92 Å². The van der Waals surface area contributed by atoms with E-state index in [1.807, 2.05) is 23.6 Å². The van der Waals surface area contributed by atoms with E-state index in [2.05, 4.69) is 27.8 Å². The molecule has 1 nitrogen and oxygen atoms in total. The Morgan fingerprint density at radius 2 is 2.21 bits per heavy atom. The first kappa shape index (κ1) is 10.1. The lowest BCUT2D eigenvalue weighted by Gasteiger charge is -2.02.